The van der Waals surface area contributed by atoms with Crippen LogP contribution >= 0.6 is 11.6 Å². The molecule has 0 radical (unpaired) electrons. The molecule has 2 aromatic carbocycles. The SMILES string of the molecule is COc1ccc(NC(=O)[C@@H]2CCN(c3ccc(C)c(Cl)c3)C2=O)cc1OC. The molecular formula is C20H21ClN2O4. The summed E-state index contributed by atoms with van der Waals surface area (Å²) in [5.74, 6) is -0.238. The van der Waals surface area contributed by atoms with E-state index in [2.05, 4.69) is 5.32 Å². The van der Waals surface area contributed by atoms with Gasteiger partial charge in [-0.05, 0) is 43.2 Å². The van der Waals surface area contributed by atoms with Crippen molar-refractivity contribution in [3.63, 3.8) is 0 Å². The van der Waals surface area contributed by atoms with Gasteiger partial charge in [-0.2, -0.15) is 0 Å². The van der Waals surface area contributed by atoms with Crippen LogP contribution in [0.3, 0.4) is 0 Å². The van der Waals surface area contributed by atoms with E-state index in [1.165, 1.54) is 7.11 Å². The van der Waals surface area contributed by atoms with Crippen LogP contribution < -0.4 is 19.7 Å². The maximum absolute atomic E-state index is 12.7. The zero-order chi connectivity index (χ0) is 19.6. The quantitative estimate of drug-likeness (QED) is 0.794. The van der Waals surface area contributed by atoms with Crippen LogP contribution in [0.15, 0.2) is 36.4 Å². The van der Waals surface area contributed by atoms with Crippen molar-refractivity contribution in [2.45, 2.75) is 13.3 Å². The van der Waals surface area contributed by atoms with Crippen molar-refractivity contribution >= 4 is 34.8 Å². The number of nitrogens with one attached hydrogen (secondary N) is 1. The number of ether oxygens (including phenoxy) is 2. The Labute approximate surface area is 163 Å². The van der Waals surface area contributed by atoms with Crippen molar-refractivity contribution in [2.75, 3.05) is 31.0 Å². The molecule has 142 valence electrons. The molecule has 0 saturated carbocycles. The van der Waals surface area contributed by atoms with Crippen LogP contribution in [0.1, 0.15) is 12.0 Å². The number of carbonyl (C=O) groups is 2. The van der Waals surface area contributed by atoms with E-state index in [9.17, 15) is 9.59 Å². The number of rotatable bonds is 5. The number of aryl methyl sites for hydroxylation is 1. The van der Waals surface area contributed by atoms with Gasteiger partial charge in [-0.15, -0.1) is 0 Å². The monoisotopic (exact) mass is 388 g/mol. The number of anilines is 2. The summed E-state index contributed by atoms with van der Waals surface area (Å²) in [5, 5.41) is 3.38. The molecule has 6 nitrogen and oxygen atoms in total. The largest absolute Gasteiger partial charge is 0.493 e. The Hall–Kier alpha value is -2.73. The highest BCUT2D eigenvalue weighted by molar-refractivity contribution is 6.31. The van der Waals surface area contributed by atoms with Crippen LogP contribution in [0.2, 0.25) is 5.02 Å². The van der Waals surface area contributed by atoms with Crippen molar-refractivity contribution in [3.8, 4) is 11.5 Å². The molecule has 0 aliphatic carbocycles. The topological polar surface area (TPSA) is 67.9 Å². The van der Waals surface area contributed by atoms with Crippen LogP contribution in [-0.4, -0.2) is 32.6 Å². The molecule has 0 aromatic heterocycles. The van der Waals surface area contributed by atoms with Gasteiger partial charge in [-0.3, -0.25) is 9.59 Å². The van der Waals surface area contributed by atoms with Gasteiger partial charge in [0.25, 0.3) is 0 Å². The Kier molecular flexibility index (Phi) is 5.56. The molecule has 1 fully saturated rings. The lowest BCUT2D eigenvalue weighted by Gasteiger charge is -2.18. The predicted molar refractivity (Wildman–Crippen MR) is 105 cm³/mol. The first-order chi connectivity index (χ1) is 12.9. The average Bonchev–Trinajstić information content (AvgIpc) is 3.05. The Balaban J connectivity index is 1.73. The summed E-state index contributed by atoms with van der Waals surface area (Å²) in [5.41, 5.74) is 2.19. The zero-order valence-corrected chi connectivity index (χ0v) is 16.2. The Morgan fingerprint density at radius 1 is 1.15 bits per heavy atom. The van der Waals surface area contributed by atoms with Gasteiger partial charge < -0.3 is 19.7 Å². The van der Waals surface area contributed by atoms with Crippen molar-refractivity contribution in [1.82, 2.24) is 0 Å². The molecule has 1 heterocycles. The number of hydrogen-bond acceptors (Lipinski definition) is 4. The number of hydrogen-bond donors (Lipinski definition) is 1. The van der Waals surface area contributed by atoms with Gasteiger partial charge in [0, 0.05) is 29.0 Å². The van der Waals surface area contributed by atoms with Gasteiger partial charge >= 0.3 is 0 Å². The van der Waals surface area contributed by atoms with Crippen LogP contribution in [0.5, 0.6) is 11.5 Å². The van der Waals surface area contributed by atoms with Gasteiger partial charge in [0.05, 0.1) is 14.2 Å². The fraction of sp³-hybridized carbons (Fsp3) is 0.300. The highest BCUT2D eigenvalue weighted by atomic mass is 35.5. The van der Waals surface area contributed by atoms with E-state index in [-0.39, 0.29) is 11.8 Å². The van der Waals surface area contributed by atoms with E-state index in [1.54, 1.807) is 36.3 Å². The zero-order valence-electron chi connectivity index (χ0n) is 15.4. The van der Waals surface area contributed by atoms with E-state index in [1.807, 2.05) is 19.1 Å². The summed E-state index contributed by atoms with van der Waals surface area (Å²) < 4.78 is 10.4. The fourth-order valence-corrected chi connectivity index (χ4v) is 3.25. The summed E-state index contributed by atoms with van der Waals surface area (Å²) in [6.07, 6.45) is 0.448. The van der Waals surface area contributed by atoms with Crippen molar-refractivity contribution in [2.24, 2.45) is 5.92 Å². The minimum atomic E-state index is -0.738. The second kappa shape index (κ2) is 7.88. The van der Waals surface area contributed by atoms with Gasteiger partial charge in [0.15, 0.2) is 11.5 Å². The molecule has 0 bridgehead atoms. The van der Waals surface area contributed by atoms with Crippen molar-refractivity contribution < 1.29 is 19.1 Å². The third-order valence-electron chi connectivity index (χ3n) is 4.64. The maximum Gasteiger partial charge on any atom is 0.239 e. The van der Waals surface area contributed by atoms with E-state index >= 15 is 0 Å². The molecule has 2 amide bonds. The molecule has 2 aromatic rings. The summed E-state index contributed by atoms with van der Waals surface area (Å²) in [4.78, 5) is 27.0. The molecule has 0 unspecified atom stereocenters. The Morgan fingerprint density at radius 2 is 1.89 bits per heavy atom. The number of benzene rings is 2. The Morgan fingerprint density at radius 3 is 2.56 bits per heavy atom. The Bertz CT molecular complexity index is 884. The highest BCUT2D eigenvalue weighted by Crippen LogP contribution is 2.32. The molecule has 1 saturated heterocycles. The summed E-state index contributed by atoms with van der Waals surface area (Å²) in [6.45, 7) is 2.37. The molecule has 0 spiro atoms. The standard InChI is InChI=1S/C20H21ClN2O4/c1-12-4-6-14(11-16(12)21)23-9-8-15(20(23)25)19(24)22-13-5-7-17(26-2)18(10-13)27-3/h4-7,10-11,15H,8-9H2,1-3H3,(H,22,24)/t15-/m0/s1. The van der Waals surface area contributed by atoms with E-state index < -0.39 is 5.92 Å². The van der Waals surface area contributed by atoms with Crippen LogP contribution in [0, 0.1) is 12.8 Å². The van der Waals surface area contributed by atoms with E-state index in [0.29, 0.717) is 40.9 Å². The minimum Gasteiger partial charge on any atom is -0.493 e. The van der Waals surface area contributed by atoms with Gasteiger partial charge in [0.2, 0.25) is 11.8 Å². The lowest BCUT2D eigenvalue weighted by molar-refractivity contribution is -0.129. The summed E-state index contributed by atoms with van der Waals surface area (Å²) >= 11 is 6.16. The van der Waals surface area contributed by atoms with E-state index in [0.717, 1.165) is 5.56 Å². The van der Waals surface area contributed by atoms with Gasteiger partial charge in [-0.1, -0.05) is 17.7 Å². The van der Waals surface area contributed by atoms with Crippen LogP contribution in [-0.2, 0) is 9.59 Å². The number of amides is 2. The molecular weight excluding hydrogens is 368 g/mol. The first-order valence-electron chi connectivity index (χ1n) is 8.55. The molecule has 3 rings (SSSR count). The summed E-state index contributed by atoms with van der Waals surface area (Å²) in [7, 11) is 3.06. The number of halogens is 1. The maximum atomic E-state index is 12.7. The smallest absolute Gasteiger partial charge is 0.239 e. The van der Waals surface area contributed by atoms with Gasteiger partial charge in [-0.25, -0.2) is 0 Å². The number of nitrogens with zero attached hydrogens (tertiary/aromatic N) is 1. The molecule has 7 heteroatoms. The molecule has 1 aliphatic heterocycles. The molecule has 1 atom stereocenters. The van der Waals surface area contributed by atoms with E-state index in [4.69, 9.17) is 21.1 Å². The second-order valence-corrected chi connectivity index (χ2v) is 6.73. The molecule has 1 N–H and O–H groups in total. The predicted octanol–water partition coefficient (Wildman–Crippen LogP) is 3.66. The third-order valence-corrected chi connectivity index (χ3v) is 5.05. The van der Waals surface area contributed by atoms with Crippen LogP contribution in [0.4, 0.5) is 11.4 Å². The molecule has 1 aliphatic rings. The minimum absolute atomic E-state index is 0.229. The lowest BCUT2D eigenvalue weighted by Crippen LogP contribution is -2.33. The lowest BCUT2D eigenvalue weighted by atomic mass is 10.1. The highest BCUT2D eigenvalue weighted by Gasteiger charge is 2.37. The molecule has 27 heavy (non-hydrogen) atoms. The van der Waals surface area contributed by atoms with Gasteiger partial charge in [0.1, 0.15) is 5.92 Å². The number of methoxy groups -OCH3 is 2. The fourth-order valence-electron chi connectivity index (χ4n) is 3.07. The summed E-state index contributed by atoms with van der Waals surface area (Å²) in [6, 6.07) is 10.5. The third kappa shape index (κ3) is 3.85. The normalized spacial score (nSPS) is 16.4. The van der Waals surface area contributed by atoms with Crippen LogP contribution in [0.25, 0.3) is 0 Å². The van der Waals surface area contributed by atoms with Crippen molar-refractivity contribution in [1.29, 1.82) is 0 Å². The number of carbonyl (C=O) groups excluding carboxylic acids is 2. The first kappa shape index (κ1) is 19.0. The average molecular weight is 389 g/mol. The second-order valence-electron chi connectivity index (χ2n) is 6.32. The van der Waals surface area contributed by atoms with Crippen molar-refractivity contribution in [3.05, 3.63) is 47.0 Å². The first-order valence-corrected chi connectivity index (χ1v) is 8.93.